The molecule has 3 rings (SSSR count). The number of hydrogen-bond donors (Lipinski definition) is 2. The van der Waals surface area contributed by atoms with Crippen LogP contribution in [0.4, 0.5) is 5.69 Å². The lowest BCUT2D eigenvalue weighted by Gasteiger charge is -2.37. The van der Waals surface area contributed by atoms with Crippen LogP contribution in [0.2, 0.25) is 0 Å². The van der Waals surface area contributed by atoms with Crippen molar-refractivity contribution in [3.8, 4) is 5.75 Å². The Morgan fingerprint density at radius 2 is 1.70 bits per heavy atom. The smallest absolute Gasteiger partial charge is 0.242 e. The standard InChI is InChI=1S/C21H29N5O3S/c1-22-21(23-16-17-8-10-18(11-9-17)30(28,29)24(2)3)26-14-12-25(13-15-26)19-6-4-5-7-20(19)27/h4-11,27H,12-16H2,1-3H3,(H,22,23). The van der Waals surface area contributed by atoms with Gasteiger partial charge in [0.15, 0.2) is 5.96 Å². The number of phenols is 1. The molecule has 2 aromatic carbocycles. The van der Waals surface area contributed by atoms with Gasteiger partial charge in [-0.1, -0.05) is 24.3 Å². The number of nitrogens with zero attached hydrogens (tertiary/aromatic N) is 4. The average Bonchev–Trinajstić information content (AvgIpc) is 2.75. The highest BCUT2D eigenvalue weighted by atomic mass is 32.2. The molecule has 1 fully saturated rings. The fraction of sp³-hybridized carbons (Fsp3) is 0.381. The second kappa shape index (κ2) is 9.36. The number of rotatable bonds is 5. The van der Waals surface area contributed by atoms with Gasteiger partial charge in [-0.05, 0) is 29.8 Å². The van der Waals surface area contributed by atoms with Gasteiger partial charge in [-0.3, -0.25) is 4.99 Å². The Kier molecular flexibility index (Phi) is 6.84. The van der Waals surface area contributed by atoms with Gasteiger partial charge in [0, 0.05) is 53.9 Å². The summed E-state index contributed by atoms with van der Waals surface area (Å²) < 4.78 is 25.6. The van der Waals surface area contributed by atoms with Gasteiger partial charge in [0.25, 0.3) is 0 Å². The first-order chi connectivity index (χ1) is 14.3. The largest absolute Gasteiger partial charge is 0.506 e. The van der Waals surface area contributed by atoms with Crippen LogP contribution in [-0.4, -0.2) is 76.0 Å². The highest BCUT2D eigenvalue weighted by molar-refractivity contribution is 7.89. The Balaban J connectivity index is 1.56. The number of para-hydroxylation sites is 2. The lowest BCUT2D eigenvalue weighted by Crippen LogP contribution is -2.52. The molecule has 0 radical (unpaired) electrons. The second-order valence-corrected chi connectivity index (χ2v) is 9.45. The van der Waals surface area contributed by atoms with Gasteiger partial charge in [-0.15, -0.1) is 0 Å². The number of piperazine rings is 1. The number of aromatic hydroxyl groups is 1. The fourth-order valence-corrected chi connectivity index (χ4v) is 4.30. The van der Waals surface area contributed by atoms with Gasteiger partial charge in [0.05, 0.1) is 10.6 Å². The SMILES string of the molecule is CN=C(NCc1ccc(S(=O)(=O)N(C)C)cc1)N1CCN(c2ccccc2O)CC1. The lowest BCUT2D eigenvalue weighted by atomic mass is 10.2. The first-order valence-electron chi connectivity index (χ1n) is 9.83. The third-order valence-electron chi connectivity index (χ3n) is 5.17. The minimum atomic E-state index is -3.42. The first-order valence-corrected chi connectivity index (χ1v) is 11.3. The van der Waals surface area contributed by atoms with Crippen LogP contribution in [0.1, 0.15) is 5.56 Å². The van der Waals surface area contributed by atoms with Crippen molar-refractivity contribution in [3.05, 3.63) is 54.1 Å². The van der Waals surface area contributed by atoms with Crippen molar-refractivity contribution < 1.29 is 13.5 Å². The summed E-state index contributed by atoms with van der Waals surface area (Å²) >= 11 is 0. The maximum absolute atomic E-state index is 12.2. The van der Waals surface area contributed by atoms with Gasteiger partial charge in [-0.2, -0.15) is 0 Å². The predicted molar refractivity (Wildman–Crippen MR) is 119 cm³/mol. The summed E-state index contributed by atoms with van der Waals surface area (Å²) in [6.45, 7) is 3.70. The fourth-order valence-electron chi connectivity index (χ4n) is 3.39. The highest BCUT2D eigenvalue weighted by Crippen LogP contribution is 2.27. The molecule has 0 atom stereocenters. The molecule has 0 aromatic heterocycles. The zero-order chi connectivity index (χ0) is 21.7. The molecule has 2 aromatic rings. The van der Waals surface area contributed by atoms with Crippen LogP contribution >= 0.6 is 0 Å². The van der Waals surface area contributed by atoms with E-state index >= 15 is 0 Å². The van der Waals surface area contributed by atoms with E-state index in [1.807, 2.05) is 30.3 Å². The van der Waals surface area contributed by atoms with E-state index < -0.39 is 10.0 Å². The number of guanidine groups is 1. The normalized spacial score (nSPS) is 15.5. The van der Waals surface area contributed by atoms with Crippen LogP contribution in [0.5, 0.6) is 5.75 Å². The van der Waals surface area contributed by atoms with Crippen molar-refractivity contribution in [2.45, 2.75) is 11.4 Å². The van der Waals surface area contributed by atoms with Crippen molar-refractivity contribution in [3.63, 3.8) is 0 Å². The molecule has 8 nitrogen and oxygen atoms in total. The third-order valence-corrected chi connectivity index (χ3v) is 7.00. The zero-order valence-electron chi connectivity index (χ0n) is 17.6. The number of hydrogen-bond acceptors (Lipinski definition) is 5. The van der Waals surface area contributed by atoms with Crippen molar-refractivity contribution in [1.82, 2.24) is 14.5 Å². The minimum Gasteiger partial charge on any atom is -0.506 e. The maximum atomic E-state index is 12.2. The minimum absolute atomic E-state index is 0.279. The van der Waals surface area contributed by atoms with Crippen LogP contribution in [0.3, 0.4) is 0 Å². The number of aliphatic imine (C=N–C) groups is 1. The van der Waals surface area contributed by atoms with E-state index in [1.54, 1.807) is 25.2 Å². The molecule has 1 heterocycles. The Bertz CT molecular complexity index is 982. The van der Waals surface area contributed by atoms with E-state index in [9.17, 15) is 13.5 Å². The molecule has 1 saturated heterocycles. The zero-order valence-corrected chi connectivity index (χ0v) is 18.4. The number of anilines is 1. The molecule has 0 amide bonds. The van der Waals surface area contributed by atoms with Crippen molar-refractivity contribution in [2.24, 2.45) is 4.99 Å². The Labute approximate surface area is 178 Å². The molecule has 162 valence electrons. The predicted octanol–water partition coefficient (Wildman–Crippen LogP) is 1.54. The summed E-state index contributed by atoms with van der Waals surface area (Å²) in [5.41, 5.74) is 1.83. The van der Waals surface area contributed by atoms with Gasteiger partial charge < -0.3 is 20.2 Å². The van der Waals surface area contributed by atoms with Gasteiger partial charge in [0.1, 0.15) is 5.75 Å². The Morgan fingerprint density at radius 3 is 2.27 bits per heavy atom. The third kappa shape index (κ3) is 4.85. The molecule has 1 aliphatic rings. The second-order valence-electron chi connectivity index (χ2n) is 7.29. The molecule has 1 aliphatic heterocycles. The van der Waals surface area contributed by atoms with Gasteiger partial charge >= 0.3 is 0 Å². The number of phenolic OH excluding ortho intramolecular Hbond substituents is 1. The van der Waals surface area contributed by atoms with Crippen LogP contribution in [0, 0.1) is 0 Å². The summed E-state index contributed by atoms with van der Waals surface area (Å²) in [7, 11) is 1.38. The van der Waals surface area contributed by atoms with Crippen LogP contribution in [-0.2, 0) is 16.6 Å². The van der Waals surface area contributed by atoms with Crippen molar-refractivity contribution >= 4 is 21.7 Å². The molecule has 2 N–H and O–H groups in total. The molecule has 9 heteroatoms. The van der Waals surface area contributed by atoms with E-state index in [4.69, 9.17) is 0 Å². The lowest BCUT2D eigenvalue weighted by molar-refractivity contribution is 0.369. The highest BCUT2D eigenvalue weighted by Gasteiger charge is 2.21. The summed E-state index contributed by atoms with van der Waals surface area (Å²) in [6.07, 6.45) is 0. The topological polar surface area (TPSA) is 88.5 Å². The average molecular weight is 432 g/mol. The van der Waals surface area contributed by atoms with E-state index in [0.717, 1.165) is 43.4 Å². The van der Waals surface area contributed by atoms with Crippen molar-refractivity contribution in [1.29, 1.82) is 0 Å². The van der Waals surface area contributed by atoms with E-state index in [-0.39, 0.29) is 4.90 Å². The summed E-state index contributed by atoms with van der Waals surface area (Å²) in [6, 6.07) is 14.3. The summed E-state index contributed by atoms with van der Waals surface area (Å²) in [4.78, 5) is 9.01. The molecular formula is C21H29N5O3S. The van der Waals surface area contributed by atoms with Crippen LogP contribution < -0.4 is 10.2 Å². The number of sulfonamides is 1. The van der Waals surface area contributed by atoms with Crippen LogP contribution in [0.15, 0.2) is 58.4 Å². The van der Waals surface area contributed by atoms with Crippen LogP contribution in [0.25, 0.3) is 0 Å². The monoisotopic (exact) mass is 431 g/mol. The summed E-state index contributed by atoms with van der Waals surface area (Å²) in [5.74, 6) is 1.10. The molecule has 0 spiro atoms. The molecule has 0 unspecified atom stereocenters. The van der Waals surface area contributed by atoms with E-state index in [0.29, 0.717) is 12.3 Å². The molecule has 0 aliphatic carbocycles. The molecule has 0 saturated carbocycles. The molecular weight excluding hydrogens is 402 g/mol. The first kappa shape index (κ1) is 21.9. The Hall–Kier alpha value is -2.78. The van der Waals surface area contributed by atoms with E-state index in [2.05, 4.69) is 20.1 Å². The Morgan fingerprint density at radius 1 is 1.07 bits per heavy atom. The quantitative estimate of drug-likeness (QED) is 0.552. The van der Waals surface area contributed by atoms with E-state index in [1.165, 1.54) is 18.4 Å². The number of benzene rings is 2. The number of nitrogens with one attached hydrogen (secondary N) is 1. The molecule has 30 heavy (non-hydrogen) atoms. The van der Waals surface area contributed by atoms with Gasteiger partial charge in [0.2, 0.25) is 10.0 Å². The maximum Gasteiger partial charge on any atom is 0.242 e. The van der Waals surface area contributed by atoms with Gasteiger partial charge in [-0.25, -0.2) is 12.7 Å². The summed E-state index contributed by atoms with van der Waals surface area (Å²) in [5, 5.41) is 13.4. The molecule has 0 bridgehead atoms. The van der Waals surface area contributed by atoms with Crippen molar-refractivity contribution in [2.75, 3.05) is 52.2 Å².